The van der Waals surface area contributed by atoms with E-state index in [1.807, 2.05) is 6.07 Å². The van der Waals surface area contributed by atoms with Crippen LogP contribution >= 0.6 is 0 Å². The van der Waals surface area contributed by atoms with Crippen LogP contribution in [0.1, 0.15) is 6.92 Å². The lowest BCUT2D eigenvalue weighted by Crippen LogP contribution is -2.36. The molecule has 3 heteroatoms. The Morgan fingerprint density at radius 2 is 1.77 bits per heavy atom. The van der Waals surface area contributed by atoms with E-state index in [0.29, 0.717) is 6.92 Å². The van der Waals surface area contributed by atoms with Gasteiger partial charge in [0.1, 0.15) is 0 Å². The highest BCUT2D eigenvalue weighted by Gasteiger charge is 2.17. The van der Waals surface area contributed by atoms with Crippen molar-refractivity contribution in [1.82, 2.24) is 0 Å². The Hall–Kier alpha value is -0.690. The zero-order valence-corrected chi connectivity index (χ0v) is 8.66. The molecule has 1 aromatic carbocycles. The van der Waals surface area contributed by atoms with Gasteiger partial charge in [-0.25, -0.2) is 0 Å². The maximum Gasteiger partial charge on any atom is 0.310 e. The zero-order valence-electron chi connectivity index (χ0n) is 8.66. The Bertz CT molecular complexity index is 236. The second kappa shape index (κ2) is 5.13. The van der Waals surface area contributed by atoms with Gasteiger partial charge in [-0.3, -0.25) is 0 Å². The lowest BCUT2D eigenvalue weighted by Gasteiger charge is -2.14. The topological polar surface area (TPSA) is 9.23 Å². The second-order valence-electron chi connectivity index (χ2n) is 3.49. The molecule has 0 atom stereocenters. The molecule has 1 rings (SSSR count). The fourth-order valence-corrected chi connectivity index (χ4v) is 1.41. The number of rotatable bonds is 4. The second-order valence-corrected chi connectivity index (χ2v) is 3.49. The van der Waals surface area contributed by atoms with Crippen molar-refractivity contribution in [2.24, 2.45) is 0 Å². The van der Waals surface area contributed by atoms with Crippen molar-refractivity contribution in [2.75, 3.05) is 0 Å². The molecule has 0 aliphatic heterocycles. The molecule has 68 valence electrons. The molecule has 0 unspecified atom stereocenters. The average Bonchev–Trinajstić information content (AvgIpc) is 2.15. The van der Waals surface area contributed by atoms with Crippen LogP contribution in [0, 0.1) is 0 Å². The predicted molar refractivity (Wildman–Crippen MR) is 60.9 cm³/mol. The Morgan fingerprint density at radius 1 is 1.15 bits per heavy atom. The summed E-state index contributed by atoms with van der Waals surface area (Å²) in [5.41, 5.74) is 1.28. The first-order valence-corrected chi connectivity index (χ1v) is 4.94. The average molecular weight is 174 g/mol. The molecule has 0 bridgehead atoms. The lowest BCUT2D eigenvalue weighted by atomic mass is 9.55. The summed E-state index contributed by atoms with van der Waals surface area (Å²) in [5, 5.41) is 0. The van der Waals surface area contributed by atoms with Crippen LogP contribution in [0.15, 0.2) is 30.3 Å². The van der Waals surface area contributed by atoms with Crippen molar-refractivity contribution in [3.8, 4) is 0 Å². The molecule has 0 aliphatic carbocycles. The molecule has 0 heterocycles. The van der Waals surface area contributed by atoms with Crippen molar-refractivity contribution in [1.29, 1.82) is 0 Å². The molecule has 13 heavy (non-hydrogen) atoms. The van der Waals surface area contributed by atoms with Crippen molar-refractivity contribution in [2.45, 2.75) is 26.9 Å². The zero-order chi connectivity index (χ0) is 9.68. The van der Waals surface area contributed by atoms with Gasteiger partial charge in [0, 0.05) is 0 Å². The first kappa shape index (κ1) is 10.4. The van der Waals surface area contributed by atoms with Crippen LogP contribution in [0.2, 0.25) is 20.0 Å². The smallest absolute Gasteiger partial charge is 0.310 e. The fourth-order valence-electron chi connectivity index (χ4n) is 1.41. The van der Waals surface area contributed by atoms with Gasteiger partial charge in [-0.2, -0.15) is 0 Å². The van der Waals surface area contributed by atoms with Crippen LogP contribution in [0.25, 0.3) is 0 Å². The van der Waals surface area contributed by atoms with Crippen LogP contribution in [-0.4, -0.2) is 13.8 Å². The summed E-state index contributed by atoms with van der Waals surface area (Å²) in [6, 6.07) is 10.4. The molecule has 0 fully saturated rings. The fraction of sp³-hybridized carbons (Fsp3) is 0.400. The molecular weight excluding hydrogens is 158 g/mol. The lowest BCUT2D eigenvalue weighted by molar-refractivity contribution is 0.607. The predicted octanol–water partition coefficient (Wildman–Crippen LogP) is 2.17. The van der Waals surface area contributed by atoms with Crippen LogP contribution in [0.3, 0.4) is 0 Å². The van der Waals surface area contributed by atoms with E-state index in [0.717, 1.165) is 6.32 Å². The van der Waals surface area contributed by atoms with E-state index in [-0.39, 0.29) is 6.92 Å². The van der Waals surface area contributed by atoms with E-state index in [4.69, 9.17) is 4.57 Å². The highest BCUT2D eigenvalue weighted by atomic mass is 16.4. The Balaban J connectivity index is 2.67. The summed E-state index contributed by atoms with van der Waals surface area (Å²) in [7, 11) is 0. The van der Waals surface area contributed by atoms with Crippen LogP contribution in [0.5, 0.6) is 0 Å². The third kappa shape index (κ3) is 3.27. The molecule has 0 spiro atoms. The van der Waals surface area contributed by atoms with Gasteiger partial charge >= 0.3 is 6.92 Å². The van der Waals surface area contributed by atoms with Gasteiger partial charge in [0.05, 0.1) is 0 Å². The van der Waals surface area contributed by atoms with Crippen molar-refractivity contribution in [3.63, 3.8) is 0 Å². The standard InChI is InChI=1S/C10H16B2O/c1-4-12(13-11(2)3)10-8-6-5-7-9-10/h5-9H,4H2,1-3H3. The minimum absolute atomic E-state index is 0.251. The van der Waals surface area contributed by atoms with E-state index in [1.54, 1.807) is 0 Å². The normalized spacial score (nSPS) is 9.77. The summed E-state index contributed by atoms with van der Waals surface area (Å²) >= 11 is 0. The van der Waals surface area contributed by atoms with Gasteiger partial charge in [0.15, 0.2) is 0 Å². The largest absolute Gasteiger partial charge is 0.495 e. The van der Waals surface area contributed by atoms with Gasteiger partial charge < -0.3 is 4.57 Å². The van der Waals surface area contributed by atoms with Crippen LogP contribution < -0.4 is 5.46 Å². The van der Waals surface area contributed by atoms with Gasteiger partial charge in [-0.15, -0.1) is 0 Å². The third-order valence-corrected chi connectivity index (χ3v) is 1.98. The Labute approximate surface area is 81.7 Å². The first-order chi connectivity index (χ1) is 6.24. The van der Waals surface area contributed by atoms with Gasteiger partial charge in [0.25, 0.3) is 6.92 Å². The summed E-state index contributed by atoms with van der Waals surface area (Å²) in [5.74, 6) is 0. The first-order valence-electron chi connectivity index (χ1n) is 4.94. The van der Waals surface area contributed by atoms with Crippen molar-refractivity contribution < 1.29 is 4.57 Å². The quantitative estimate of drug-likeness (QED) is 0.635. The summed E-state index contributed by atoms with van der Waals surface area (Å²) in [4.78, 5) is 0. The van der Waals surface area contributed by atoms with E-state index < -0.39 is 0 Å². The van der Waals surface area contributed by atoms with Gasteiger partial charge in [-0.05, 0) is 6.32 Å². The maximum absolute atomic E-state index is 5.79. The Kier molecular flexibility index (Phi) is 4.10. The molecular formula is C10H16B2O. The summed E-state index contributed by atoms with van der Waals surface area (Å²) in [6.07, 6.45) is 1.03. The molecule has 0 amide bonds. The SMILES string of the molecule is CCB(OB(C)C)c1ccccc1. The van der Waals surface area contributed by atoms with E-state index in [1.165, 1.54) is 5.46 Å². The number of hydrogen-bond acceptors (Lipinski definition) is 1. The maximum atomic E-state index is 5.79. The summed E-state index contributed by atoms with van der Waals surface area (Å²) < 4.78 is 5.79. The minimum Gasteiger partial charge on any atom is -0.495 e. The van der Waals surface area contributed by atoms with E-state index >= 15 is 0 Å². The third-order valence-electron chi connectivity index (χ3n) is 1.98. The molecule has 1 aromatic rings. The van der Waals surface area contributed by atoms with Crippen LogP contribution in [0.4, 0.5) is 0 Å². The van der Waals surface area contributed by atoms with Crippen molar-refractivity contribution in [3.05, 3.63) is 30.3 Å². The molecule has 0 aliphatic rings. The molecule has 0 aromatic heterocycles. The molecule has 0 saturated heterocycles. The number of benzene rings is 1. The molecule has 0 radical (unpaired) electrons. The molecule has 0 saturated carbocycles. The minimum atomic E-state index is 0.251. The molecule has 0 N–H and O–H groups in total. The number of hydrogen-bond donors (Lipinski definition) is 0. The Morgan fingerprint density at radius 3 is 2.23 bits per heavy atom. The highest BCUT2D eigenvalue weighted by Crippen LogP contribution is 1.98. The van der Waals surface area contributed by atoms with Gasteiger partial charge in [0.2, 0.25) is 0 Å². The van der Waals surface area contributed by atoms with Crippen molar-refractivity contribution >= 4 is 19.3 Å². The van der Waals surface area contributed by atoms with E-state index in [2.05, 4.69) is 44.8 Å². The van der Waals surface area contributed by atoms with Crippen LogP contribution in [-0.2, 0) is 4.57 Å². The monoisotopic (exact) mass is 174 g/mol. The van der Waals surface area contributed by atoms with E-state index in [9.17, 15) is 0 Å². The highest BCUT2D eigenvalue weighted by molar-refractivity contribution is 6.74. The molecule has 1 nitrogen and oxygen atoms in total. The summed E-state index contributed by atoms with van der Waals surface area (Å²) in [6.45, 7) is 6.85. The van der Waals surface area contributed by atoms with Gasteiger partial charge in [-0.1, -0.05) is 56.4 Å².